The highest BCUT2D eigenvalue weighted by Gasteiger charge is 2.10. The minimum atomic E-state index is 0.192. The summed E-state index contributed by atoms with van der Waals surface area (Å²) < 4.78 is 5.16. The second-order valence-electron chi connectivity index (χ2n) is 3.20. The molecule has 0 aliphatic rings. The maximum absolute atomic E-state index is 10.7. The van der Waals surface area contributed by atoms with Gasteiger partial charge in [0.1, 0.15) is 0 Å². The number of carbonyl (C=O) groups is 1. The number of aromatic nitrogens is 2. The quantitative estimate of drug-likeness (QED) is 0.686. The smallest absolute Gasteiger partial charge is 0.316 e. The van der Waals surface area contributed by atoms with E-state index in [9.17, 15) is 4.79 Å². The number of carbonyl (C=O) groups excluding carboxylic acids is 1. The molecule has 0 bridgehead atoms. The van der Waals surface area contributed by atoms with Gasteiger partial charge in [0.05, 0.1) is 17.9 Å². The second kappa shape index (κ2) is 4.69. The van der Waals surface area contributed by atoms with Gasteiger partial charge in [-0.25, -0.2) is 4.98 Å². The fraction of sp³-hybridized carbons (Fsp3) is 0.500. The highest BCUT2D eigenvalue weighted by atomic mass is 16.5. The average molecular weight is 194 g/mol. The van der Waals surface area contributed by atoms with E-state index in [0.717, 1.165) is 12.0 Å². The molecule has 0 aliphatic heterocycles. The summed E-state index contributed by atoms with van der Waals surface area (Å²) in [5.74, 6) is 0.192. The van der Waals surface area contributed by atoms with Gasteiger partial charge in [-0.1, -0.05) is 13.8 Å². The van der Waals surface area contributed by atoms with E-state index < -0.39 is 0 Å². The Morgan fingerprint density at radius 2 is 2.29 bits per heavy atom. The zero-order chi connectivity index (χ0) is 10.6. The summed E-state index contributed by atoms with van der Waals surface area (Å²) in [4.78, 5) is 18.8. The summed E-state index contributed by atoms with van der Waals surface area (Å²) in [5.41, 5.74) is 1.27. The SMILES string of the molecule is CCOc1ncc(C=O)c(C(C)C)n1. The Morgan fingerprint density at radius 1 is 1.57 bits per heavy atom. The van der Waals surface area contributed by atoms with E-state index in [4.69, 9.17) is 4.74 Å². The Balaban J connectivity index is 3.07. The van der Waals surface area contributed by atoms with Gasteiger partial charge in [-0.2, -0.15) is 4.98 Å². The van der Waals surface area contributed by atoms with Crippen LogP contribution >= 0.6 is 0 Å². The lowest BCUT2D eigenvalue weighted by atomic mass is 10.1. The van der Waals surface area contributed by atoms with Crippen LogP contribution in [0.15, 0.2) is 6.20 Å². The van der Waals surface area contributed by atoms with Crippen LogP contribution in [0, 0.1) is 0 Å². The first kappa shape index (κ1) is 10.6. The molecule has 1 rings (SSSR count). The van der Waals surface area contributed by atoms with Gasteiger partial charge in [-0.3, -0.25) is 4.79 Å². The molecule has 1 heterocycles. The van der Waals surface area contributed by atoms with E-state index in [-0.39, 0.29) is 5.92 Å². The molecule has 0 N–H and O–H groups in total. The molecule has 0 unspecified atom stereocenters. The first-order chi connectivity index (χ1) is 6.69. The summed E-state index contributed by atoms with van der Waals surface area (Å²) in [5, 5.41) is 0. The number of aldehydes is 1. The molecular formula is C10H14N2O2. The van der Waals surface area contributed by atoms with Crippen LogP contribution in [0.5, 0.6) is 6.01 Å². The number of rotatable bonds is 4. The van der Waals surface area contributed by atoms with Crippen molar-refractivity contribution in [3.8, 4) is 6.01 Å². The van der Waals surface area contributed by atoms with Crippen LogP contribution in [0.3, 0.4) is 0 Å². The Hall–Kier alpha value is -1.45. The molecular weight excluding hydrogens is 180 g/mol. The molecule has 0 aromatic carbocycles. The molecule has 14 heavy (non-hydrogen) atoms. The molecule has 0 fully saturated rings. The Morgan fingerprint density at radius 3 is 2.79 bits per heavy atom. The van der Waals surface area contributed by atoms with Crippen molar-refractivity contribution < 1.29 is 9.53 Å². The highest BCUT2D eigenvalue weighted by Crippen LogP contribution is 2.17. The lowest BCUT2D eigenvalue weighted by molar-refractivity contribution is 0.112. The van der Waals surface area contributed by atoms with Gasteiger partial charge in [-0.15, -0.1) is 0 Å². The minimum Gasteiger partial charge on any atom is -0.464 e. The molecule has 0 saturated carbocycles. The predicted molar refractivity (Wildman–Crippen MR) is 52.7 cm³/mol. The lowest BCUT2D eigenvalue weighted by Crippen LogP contribution is -2.05. The number of nitrogens with zero attached hydrogens (tertiary/aromatic N) is 2. The van der Waals surface area contributed by atoms with Crippen LogP contribution in [-0.4, -0.2) is 22.9 Å². The largest absolute Gasteiger partial charge is 0.464 e. The summed E-state index contributed by atoms with van der Waals surface area (Å²) in [7, 11) is 0. The summed E-state index contributed by atoms with van der Waals surface area (Å²) >= 11 is 0. The van der Waals surface area contributed by atoms with Gasteiger partial charge in [0.15, 0.2) is 6.29 Å². The van der Waals surface area contributed by atoms with Gasteiger partial charge in [-0.05, 0) is 12.8 Å². The van der Waals surface area contributed by atoms with Crippen molar-refractivity contribution in [2.24, 2.45) is 0 Å². The van der Waals surface area contributed by atoms with Crippen LogP contribution in [0.1, 0.15) is 42.7 Å². The van der Waals surface area contributed by atoms with Gasteiger partial charge in [0.25, 0.3) is 0 Å². The van der Waals surface area contributed by atoms with Gasteiger partial charge >= 0.3 is 6.01 Å². The average Bonchev–Trinajstić information content (AvgIpc) is 2.18. The topological polar surface area (TPSA) is 52.1 Å². The molecule has 0 aliphatic carbocycles. The summed E-state index contributed by atoms with van der Waals surface area (Å²) in [6, 6.07) is 0.335. The Kier molecular flexibility index (Phi) is 3.56. The van der Waals surface area contributed by atoms with Crippen LogP contribution in [0.25, 0.3) is 0 Å². The zero-order valence-corrected chi connectivity index (χ0v) is 8.65. The zero-order valence-electron chi connectivity index (χ0n) is 8.65. The molecule has 1 aromatic rings. The van der Waals surface area contributed by atoms with Crippen molar-refractivity contribution in [2.45, 2.75) is 26.7 Å². The molecule has 4 nitrogen and oxygen atoms in total. The van der Waals surface area contributed by atoms with Crippen LogP contribution in [0.2, 0.25) is 0 Å². The monoisotopic (exact) mass is 194 g/mol. The van der Waals surface area contributed by atoms with E-state index in [1.54, 1.807) is 0 Å². The van der Waals surface area contributed by atoms with Gasteiger partial charge < -0.3 is 4.74 Å². The van der Waals surface area contributed by atoms with E-state index in [2.05, 4.69) is 9.97 Å². The third kappa shape index (κ3) is 2.28. The number of ether oxygens (including phenoxy) is 1. The fourth-order valence-electron chi connectivity index (χ4n) is 1.14. The van der Waals surface area contributed by atoms with Crippen LogP contribution < -0.4 is 4.74 Å². The lowest BCUT2D eigenvalue weighted by Gasteiger charge is -2.08. The fourth-order valence-corrected chi connectivity index (χ4v) is 1.14. The summed E-state index contributed by atoms with van der Waals surface area (Å²) in [6.45, 7) is 6.35. The van der Waals surface area contributed by atoms with E-state index in [0.29, 0.717) is 18.2 Å². The second-order valence-corrected chi connectivity index (χ2v) is 3.20. The Labute approximate surface area is 83.3 Å². The van der Waals surface area contributed by atoms with Gasteiger partial charge in [0, 0.05) is 6.20 Å². The maximum Gasteiger partial charge on any atom is 0.316 e. The minimum absolute atomic E-state index is 0.192. The Bertz CT molecular complexity index is 324. The van der Waals surface area contributed by atoms with E-state index in [1.165, 1.54) is 6.20 Å². The standard InChI is InChI=1S/C10H14N2O2/c1-4-14-10-11-5-8(6-13)9(12-10)7(2)3/h5-7H,4H2,1-3H3. The summed E-state index contributed by atoms with van der Waals surface area (Å²) in [6.07, 6.45) is 2.27. The van der Waals surface area contributed by atoms with Crippen molar-refractivity contribution in [3.05, 3.63) is 17.5 Å². The van der Waals surface area contributed by atoms with Crippen LogP contribution in [-0.2, 0) is 0 Å². The van der Waals surface area contributed by atoms with E-state index in [1.807, 2.05) is 20.8 Å². The van der Waals surface area contributed by atoms with Crippen LogP contribution in [0.4, 0.5) is 0 Å². The normalized spacial score (nSPS) is 10.3. The van der Waals surface area contributed by atoms with Gasteiger partial charge in [0.2, 0.25) is 0 Å². The van der Waals surface area contributed by atoms with Crippen molar-refractivity contribution in [2.75, 3.05) is 6.61 Å². The highest BCUT2D eigenvalue weighted by molar-refractivity contribution is 5.76. The molecule has 0 atom stereocenters. The van der Waals surface area contributed by atoms with Crippen molar-refractivity contribution in [1.29, 1.82) is 0 Å². The van der Waals surface area contributed by atoms with Crippen molar-refractivity contribution in [3.63, 3.8) is 0 Å². The number of hydrogen-bond donors (Lipinski definition) is 0. The molecule has 1 aromatic heterocycles. The first-order valence-corrected chi connectivity index (χ1v) is 4.64. The molecule has 0 saturated heterocycles. The van der Waals surface area contributed by atoms with E-state index >= 15 is 0 Å². The molecule has 0 amide bonds. The number of hydrogen-bond acceptors (Lipinski definition) is 4. The molecule has 76 valence electrons. The molecule has 4 heteroatoms. The third-order valence-electron chi connectivity index (χ3n) is 1.77. The predicted octanol–water partition coefficient (Wildman–Crippen LogP) is 1.81. The maximum atomic E-state index is 10.7. The van der Waals surface area contributed by atoms with Crippen molar-refractivity contribution in [1.82, 2.24) is 9.97 Å². The third-order valence-corrected chi connectivity index (χ3v) is 1.77. The first-order valence-electron chi connectivity index (χ1n) is 4.64. The molecule has 0 radical (unpaired) electrons. The molecule has 0 spiro atoms. The van der Waals surface area contributed by atoms with Crippen molar-refractivity contribution >= 4 is 6.29 Å².